The Kier molecular flexibility index (Phi) is 3.77. The molecule has 23 heavy (non-hydrogen) atoms. The third-order valence-electron chi connectivity index (χ3n) is 5.06. The highest BCUT2D eigenvalue weighted by Crippen LogP contribution is 2.19. The summed E-state index contributed by atoms with van der Waals surface area (Å²) in [5.74, 6) is 1.67. The molecule has 0 N–H and O–H groups in total. The minimum atomic E-state index is 0.0668. The van der Waals surface area contributed by atoms with Crippen molar-refractivity contribution in [1.29, 1.82) is 0 Å². The van der Waals surface area contributed by atoms with Gasteiger partial charge in [0.2, 0.25) is 0 Å². The van der Waals surface area contributed by atoms with Crippen molar-refractivity contribution in [2.75, 3.05) is 19.6 Å². The molecule has 0 amide bonds. The van der Waals surface area contributed by atoms with Crippen LogP contribution in [-0.4, -0.2) is 43.9 Å². The van der Waals surface area contributed by atoms with Crippen LogP contribution >= 0.6 is 0 Å². The molecule has 0 atom stereocenters. The summed E-state index contributed by atoms with van der Waals surface area (Å²) in [7, 11) is 2.03. The van der Waals surface area contributed by atoms with Crippen LogP contribution in [0.25, 0.3) is 0 Å². The Labute approximate surface area is 135 Å². The topological polar surface area (TPSA) is 56.0 Å². The summed E-state index contributed by atoms with van der Waals surface area (Å²) in [5.41, 5.74) is 2.37. The molecule has 0 unspecified atom stereocenters. The predicted octanol–water partition coefficient (Wildman–Crippen LogP) is 0.640. The first-order valence-corrected chi connectivity index (χ1v) is 8.47. The van der Waals surface area contributed by atoms with E-state index >= 15 is 0 Å². The van der Waals surface area contributed by atoms with Crippen molar-refractivity contribution in [2.24, 2.45) is 13.0 Å². The molecule has 0 saturated carbocycles. The number of nitrogens with zero attached hydrogens (tertiary/aromatic N) is 5. The quantitative estimate of drug-likeness (QED) is 0.813. The van der Waals surface area contributed by atoms with Crippen LogP contribution < -0.4 is 5.56 Å². The molecule has 4 rings (SSSR count). The van der Waals surface area contributed by atoms with Gasteiger partial charge in [-0.05, 0) is 24.8 Å². The third-order valence-corrected chi connectivity index (χ3v) is 5.06. The van der Waals surface area contributed by atoms with Crippen LogP contribution in [0.3, 0.4) is 0 Å². The summed E-state index contributed by atoms with van der Waals surface area (Å²) in [5, 5.41) is 4.57. The zero-order valence-electron chi connectivity index (χ0n) is 13.6. The Bertz CT molecular complexity index is 757. The number of aromatic nitrogens is 4. The number of aryl methyl sites for hydroxylation is 3. The van der Waals surface area contributed by atoms with E-state index in [1.165, 1.54) is 0 Å². The molecule has 0 bridgehead atoms. The molecule has 1 saturated heterocycles. The van der Waals surface area contributed by atoms with Gasteiger partial charge in [-0.2, -0.15) is 5.10 Å². The monoisotopic (exact) mass is 313 g/mol. The molecule has 0 radical (unpaired) electrons. The summed E-state index contributed by atoms with van der Waals surface area (Å²) < 4.78 is 3.76. The largest absolute Gasteiger partial charge is 0.338 e. The number of fused-ring (bicyclic) bond motifs is 1. The molecule has 122 valence electrons. The average Bonchev–Trinajstić information content (AvgIpc) is 3.10. The summed E-state index contributed by atoms with van der Waals surface area (Å²) in [6.45, 7) is 3.89. The molecular weight excluding hydrogens is 290 g/mol. The molecule has 6 nitrogen and oxygen atoms in total. The van der Waals surface area contributed by atoms with E-state index in [1.54, 1.807) is 10.7 Å². The van der Waals surface area contributed by atoms with Gasteiger partial charge in [0.15, 0.2) is 0 Å². The lowest BCUT2D eigenvalue weighted by molar-refractivity contribution is 0.0847. The maximum atomic E-state index is 12.1. The Morgan fingerprint density at radius 2 is 2.17 bits per heavy atom. The molecule has 1 aliphatic heterocycles. The van der Waals surface area contributed by atoms with Gasteiger partial charge in [0.25, 0.3) is 5.56 Å². The maximum Gasteiger partial charge on any atom is 0.267 e. The minimum absolute atomic E-state index is 0.0668. The Hall–Kier alpha value is -1.95. The zero-order chi connectivity index (χ0) is 15.8. The van der Waals surface area contributed by atoms with Gasteiger partial charge in [-0.1, -0.05) is 0 Å². The van der Waals surface area contributed by atoms with E-state index < -0.39 is 0 Å². The second-order valence-electron chi connectivity index (χ2n) is 6.82. The van der Waals surface area contributed by atoms with Gasteiger partial charge in [-0.15, -0.1) is 0 Å². The smallest absolute Gasteiger partial charge is 0.267 e. The average molecular weight is 313 g/mol. The van der Waals surface area contributed by atoms with Gasteiger partial charge in [0.05, 0.1) is 12.2 Å². The Morgan fingerprint density at radius 1 is 1.30 bits per heavy atom. The normalized spacial score (nSPS) is 18.1. The van der Waals surface area contributed by atoms with Crippen molar-refractivity contribution >= 4 is 0 Å². The fourth-order valence-corrected chi connectivity index (χ4v) is 3.69. The number of likely N-dealkylation sites (tertiary alicyclic amines) is 1. The first-order valence-electron chi connectivity index (χ1n) is 8.47. The molecule has 0 spiro atoms. The van der Waals surface area contributed by atoms with Crippen molar-refractivity contribution in [2.45, 2.75) is 32.2 Å². The van der Waals surface area contributed by atoms with Gasteiger partial charge in [0.1, 0.15) is 5.82 Å². The van der Waals surface area contributed by atoms with Crippen molar-refractivity contribution in [3.8, 4) is 0 Å². The predicted molar refractivity (Wildman–Crippen MR) is 87.4 cm³/mol. The first kappa shape index (κ1) is 14.6. The number of hydrogen-bond acceptors (Lipinski definition) is 4. The highest BCUT2D eigenvalue weighted by atomic mass is 16.1. The lowest BCUT2D eigenvalue weighted by Gasteiger charge is -2.39. The third kappa shape index (κ3) is 2.95. The van der Waals surface area contributed by atoms with E-state index in [2.05, 4.69) is 19.5 Å². The summed E-state index contributed by atoms with van der Waals surface area (Å²) >= 11 is 0. The Balaban J connectivity index is 1.29. The molecule has 2 aromatic rings. The fraction of sp³-hybridized carbons (Fsp3) is 0.588. The van der Waals surface area contributed by atoms with Gasteiger partial charge in [0, 0.05) is 57.5 Å². The molecule has 6 heteroatoms. The highest BCUT2D eigenvalue weighted by Gasteiger charge is 2.27. The summed E-state index contributed by atoms with van der Waals surface area (Å²) in [4.78, 5) is 18.9. The standard InChI is InChI=1S/C17H23N5O/c1-20-8-6-18-16(20)5-7-21-10-13(11-21)12-22-17(23)9-14-3-2-4-15(14)19-22/h6,8-9,13H,2-5,7,10-12H2,1H3. The van der Waals surface area contributed by atoms with Crippen LogP contribution in [-0.2, 0) is 32.9 Å². The van der Waals surface area contributed by atoms with E-state index in [9.17, 15) is 4.79 Å². The van der Waals surface area contributed by atoms with Crippen LogP contribution in [0, 0.1) is 5.92 Å². The fourth-order valence-electron chi connectivity index (χ4n) is 3.69. The van der Waals surface area contributed by atoms with Crippen LogP contribution in [0.5, 0.6) is 0 Å². The molecular formula is C17H23N5O. The lowest BCUT2D eigenvalue weighted by Crippen LogP contribution is -2.50. The molecule has 3 heterocycles. The van der Waals surface area contributed by atoms with Crippen molar-refractivity contribution < 1.29 is 0 Å². The molecule has 1 aliphatic carbocycles. The van der Waals surface area contributed by atoms with Crippen LogP contribution in [0.15, 0.2) is 23.3 Å². The second kappa shape index (κ2) is 5.92. The van der Waals surface area contributed by atoms with Crippen LogP contribution in [0.4, 0.5) is 0 Å². The molecule has 2 aromatic heterocycles. The van der Waals surface area contributed by atoms with Crippen LogP contribution in [0.1, 0.15) is 23.5 Å². The number of imidazole rings is 1. The van der Waals surface area contributed by atoms with Gasteiger partial charge < -0.3 is 9.47 Å². The molecule has 0 aromatic carbocycles. The SMILES string of the molecule is Cn1ccnc1CCN1CC(Cn2nc3c(cc2=O)CCC3)C1. The maximum absolute atomic E-state index is 12.1. The first-order chi connectivity index (χ1) is 11.2. The van der Waals surface area contributed by atoms with Crippen LogP contribution in [0.2, 0.25) is 0 Å². The van der Waals surface area contributed by atoms with Crippen molar-refractivity contribution in [3.05, 3.63) is 45.9 Å². The lowest BCUT2D eigenvalue weighted by atomic mass is 10.00. The molecule has 1 fully saturated rings. The van der Waals surface area contributed by atoms with Gasteiger partial charge in [-0.25, -0.2) is 9.67 Å². The molecule has 2 aliphatic rings. The van der Waals surface area contributed by atoms with E-state index in [1.807, 2.05) is 19.4 Å². The van der Waals surface area contributed by atoms with E-state index in [-0.39, 0.29) is 5.56 Å². The number of rotatable bonds is 5. The van der Waals surface area contributed by atoms with Gasteiger partial charge >= 0.3 is 0 Å². The Morgan fingerprint density at radius 3 is 2.96 bits per heavy atom. The van der Waals surface area contributed by atoms with Crippen molar-refractivity contribution in [1.82, 2.24) is 24.2 Å². The summed E-state index contributed by atoms with van der Waals surface area (Å²) in [6.07, 6.45) is 7.99. The van der Waals surface area contributed by atoms with E-state index in [4.69, 9.17) is 0 Å². The second-order valence-corrected chi connectivity index (χ2v) is 6.82. The van der Waals surface area contributed by atoms with Crippen molar-refractivity contribution in [3.63, 3.8) is 0 Å². The summed E-state index contributed by atoms with van der Waals surface area (Å²) in [6, 6.07) is 1.80. The highest BCUT2D eigenvalue weighted by molar-refractivity contribution is 5.22. The minimum Gasteiger partial charge on any atom is -0.338 e. The zero-order valence-corrected chi connectivity index (χ0v) is 13.6. The number of hydrogen-bond donors (Lipinski definition) is 0. The van der Waals surface area contributed by atoms with E-state index in [0.717, 1.165) is 68.9 Å². The van der Waals surface area contributed by atoms with Gasteiger partial charge in [-0.3, -0.25) is 4.79 Å². The van der Waals surface area contributed by atoms with E-state index in [0.29, 0.717) is 5.92 Å².